The van der Waals surface area contributed by atoms with Crippen molar-refractivity contribution in [3.63, 3.8) is 0 Å². The summed E-state index contributed by atoms with van der Waals surface area (Å²) in [5.41, 5.74) is 3.28. The van der Waals surface area contributed by atoms with E-state index >= 15 is 0 Å². The number of nitrogens with zero attached hydrogens (tertiary/aromatic N) is 2. The minimum Gasteiger partial charge on any atom is -0.492 e. The van der Waals surface area contributed by atoms with E-state index in [0.29, 0.717) is 5.88 Å². The summed E-state index contributed by atoms with van der Waals surface area (Å²) < 4.78 is 20.2. The number of carbonyl (C=O) groups is 1. The second-order valence-electron chi connectivity index (χ2n) is 8.75. The normalized spacial score (nSPS) is 22.4. The zero-order valence-corrected chi connectivity index (χ0v) is 19.0. The van der Waals surface area contributed by atoms with E-state index in [1.165, 1.54) is 7.11 Å². The summed E-state index contributed by atoms with van der Waals surface area (Å²) in [6, 6.07) is 27.6. The Morgan fingerprint density at radius 3 is 2.41 bits per heavy atom. The van der Waals surface area contributed by atoms with Gasteiger partial charge in [0, 0.05) is 17.0 Å². The van der Waals surface area contributed by atoms with Gasteiger partial charge in [-0.15, -0.1) is 0 Å². The molecule has 2 aliphatic rings. The summed E-state index contributed by atoms with van der Waals surface area (Å²) in [7, 11) is 1.42. The highest BCUT2D eigenvalue weighted by Gasteiger charge is 2.63. The Morgan fingerprint density at radius 2 is 1.68 bits per heavy atom. The molecule has 170 valence electrons. The number of para-hydroxylation sites is 2. The van der Waals surface area contributed by atoms with Crippen molar-refractivity contribution in [1.82, 2.24) is 9.78 Å². The molecule has 0 amide bonds. The van der Waals surface area contributed by atoms with Gasteiger partial charge in [-0.2, -0.15) is 5.10 Å². The molecule has 0 saturated heterocycles. The number of hydrogen-bond donors (Lipinski definition) is 0. The largest absolute Gasteiger partial charge is 0.492 e. The van der Waals surface area contributed by atoms with Crippen LogP contribution in [0.4, 0.5) is 0 Å². The standard InChI is InChI=1S/C28H24N2O4/c1-18-23-24-21-15-9-10-16-22(21)33-17-28(24,27(31)32-2)25(19-11-5-3-6-12-19)34-26(23)30(29-18)20-13-7-4-8-14-20/h3-16,24-25H,17H2,1-2H3/t24-,25-,28+/m0/s1. The average Bonchev–Trinajstić information content (AvgIpc) is 3.24. The van der Waals surface area contributed by atoms with Crippen LogP contribution >= 0.6 is 0 Å². The number of carbonyl (C=O) groups excluding carboxylic acids is 1. The predicted molar refractivity (Wildman–Crippen MR) is 126 cm³/mol. The smallest absolute Gasteiger partial charge is 0.320 e. The molecule has 6 rings (SSSR count). The molecule has 1 aromatic heterocycles. The first-order valence-corrected chi connectivity index (χ1v) is 11.3. The first kappa shape index (κ1) is 20.5. The van der Waals surface area contributed by atoms with Crippen molar-refractivity contribution in [1.29, 1.82) is 0 Å². The molecule has 0 saturated carbocycles. The monoisotopic (exact) mass is 452 g/mol. The SMILES string of the molecule is COC(=O)[C@]12COc3ccccc3[C@H]1c1c(C)nn(-c3ccccc3)c1O[C@H]2c1ccccc1. The third-order valence-electron chi connectivity index (χ3n) is 6.93. The van der Waals surface area contributed by atoms with Gasteiger partial charge in [-0.05, 0) is 30.7 Å². The Morgan fingerprint density at radius 1 is 1.00 bits per heavy atom. The van der Waals surface area contributed by atoms with Gasteiger partial charge in [0.1, 0.15) is 18.5 Å². The van der Waals surface area contributed by atoms with E-state index in [0.717, 1.165) is 33.8 Å². The third-order valence-corrected chi connectivity index (χ3v) is 6.93. The summed E-state index contributed by atoms with van der Waals surface area (Å²) in [4.78, 5) is 13.7. The van der Waals surface area contributed by atoms with Crippen LogP contribution in [0.25, 0.3) is 5.69 Å². The maximum Gasteiger partial charge on any atom is 0.320 e. The van der Waals surface area contributed by atoms with E-state index in [-0.39, 0.29) is 18.5 Å². The van der Waals surface area contributed by atoms with E-state index < -0.39 is 11.5 Å². The van der Waals surface area contributed by atoms with Crippen LogP contribution in [-0.2, 0) is 9.53 Å². The number of aryl methyl sites for hydroxylation is 1. The summed E-state index contributed by atoms with van der Waals surface area (Å²) in [6.45, 7) is 2.10. The molecule has 6 nitrogen and oxygen atoms in total. The number of methoxy groups -OCH3 is 1. The fourth-order valence-corrected chi connectivity index (χ4v) is 5.44. The van der Waals surface area contributed by atoms with Crippen LogP contribution < -0.4 is 9.47 Å². The van der Waals surface area contributed by atoms with Gasteiger partial charge >= 0.3 is 5.97 Å². The molecule has 0 fully saturated rings. The minimum atomic E-state index is -1.12. The van der Waals surface area contributed by atoms with Gasteiger partial charge in [0.05, 0.1) is 18.5 Å². The number of fused-ring (bicyclic) bond motifs is 5. The molecule has 34 heavy (non-hydrogen) atoms. The van der Waals surface area contributed by atoms with Crippen molar-refractivity contribution < 1.29 is 19.0 Å². The maximum atomic E-state index is 13.7. The molecule has 6 heteroatoms. The van der Waals surface area contributed by atoms with Crippen LogP contribution in [0.3, 0.4) is 0 Å². The molecule has 4 aromatic rings. The second-order valence-corrected chi connectivity index (χ2v) is 8.75. The highest BCUT2D eigenvalue weighted by atomic mass is 16.5. The molecule has 0 N–H and O–H groups in total. The Bertz CT molecular complexity index is 1370. The molecule has 0 bridgehead atoms. The minimum absolute atomic E-state index is 0.135. The van der Waals surface area contributed by atoms with Crippen molar-refractivity contribution in [2.45, 2.75) is 18.9 Å². The quantitative estimate of drug-likeness (QED) is 0.410. The lowest BCUT2D eigenvalue weighted by Crippen LogP contribution is -2.54. The van der Waals surface area contributed by atoms with Crippen LogP contribution in [0.5, 0.6) is 11.6 Å². The van der Waals surface area contributed by atoms with E-state index in [2.05, 4.69) is 0 Å². The molecule has 0 spiro atoms. The second kappa shape index (κ2) is 7.76. The Labute approximate surface area is 197 Å². The molecule has 2 aliphatic heterocycles. The zero-order valence-electron chi connectivity index (χ0n) is 19.0. The highest BCUT2D eigenvalue weighted by molar-refractivity contribution is 5.83. The van der Waals surface area contributed by atoms with Crippen molar-refractivity contribution in [2.24, 2.45) is 5.41 Å². The number of ether oxygens (including phenoxy) is 3. The summed E-state index contributed by atoms with van der Waals surface area (Å²) in [6.07, 6.45) is -0.634. The Balaban J connectivity index is 1.68. The van der Waals surface area contributed by atoms with Gasteiger partial charge in [0.15, 0.2) is 5.41 Å². The third kappa shape index (κ3) is 2.81. The molecule has 0 aliphatic carbocycles. The maximum absolute atomic E-state index is 13.7. The van der Waals surface area contributed by atoms with Gasteiger partial charge in [0.2, 0.25) is 5.88 Å². The number of benzene rings is 3. The predicted octanol–water partition coefficient (Wildman–Crippen LogP) is 5.00. The summed E-state index contributed by atoms with van der Waals surface area (Å²) >= 11 is 0. The van der Waals surface area contributed by atoms with Gasteiger partial charge < -0.3 is 14.2 Å². The van der Waals surface area contributed by atoms with Crippen molar-refractivity contribution in [2.75, 3.05) is 13.7 Å². The van der Waals surface area contributed by atoms with Crippen molar-refractivity contribution in [3.8, 4) is 17.3 Å². The van der Waals surface area contributed by atoms with Crippen molar-refractivity contribution >= 4 is 5.97 Å². The molecule has 3 heterocycles. The van der Waals surface area contributed by atoms with Crippen LogP contribution in [0, 0.1) is 12.3 Å². The summed E-state index contributed by atoms with van der Waals surface area (Å²) in [5, 5.41) is 4.87. The van der Waals surface area contributed by atoms with Gasteiger partial charge in [-0.3, -0.25) is 4.79 Å². The van der Waals surface area contributed by atoms with Gasteiger partial charge in [0.25, 0.3) is 0 Å². The number of hydrogen-bond acceptors (Lipinski definition) is 5. The topological polar surface area (TPSA) is 62.6 Å². The van der Waals surface area contributed by atoms with E-state index in [4.69, 9.17) is 19.3 Å². The van der Waals surface area contributed by atoms with Crippen LogP contribution in [-0.4, -0.2) is 29.5 Å². The van der Waals surface area contributed by atoms with E-state index in [1.807, 2.05) is 96.5 Å². The Hall–Kier alpha value is -4.06. The summed E-state index contributed by atoms with van der Waals surface area (Å²) in [5.74, 6) is 0.687. The lowest BCUT2D eigenvalue weighted by atomic mass is 9.62. The van der Waals surface area contributed by atoms with E-state index in [1.54, 1.807) is 0 Å². The molecule has 3 atom stereocenters. The van der Waals surface area contributed by atoms with Crippen LogP contribution in [0.1, 0.15) is 34.4 Å². The van der Waals surface area contributed by atoms with Crippen LogP contribution in [0.15, 0.2) is 84.9 Å². The molecule has 3 aromatic carbocycles. The lowest BCUT2D eigenvalue weighted by Gasteiger charge is -2.49. The number of aromatic nitrogens is 2. The van der Waals surface area contributed by atoms with E-state index in [9.17, 15) is 4.79 Å². The highest BCUT2D eigenvalue weighted by Crippen LogP contribution is 2.61. The van der Waals surface area contributed by atoms with Crippen LogP contribution in [0.2, 0.25) is 0 Å². The lowest BCUT2D eigenvalue weighted by molar-refractivity contribution is -0.168. The van der Waals surface area contributed by atoms with Gasteiger partial charge in [-0.25, -0.2) is 4.68 Å². The fourth-order valence-electron chi connectivity index (χ4n) is 5.44. The molecular formula is C28H24N2O4. The fraction of sp³-hybridized carbons (Fsp3) is 0.214. The zero-order chi connectivity index (χ0) is 23.3. The average molecular weight is 453 g/mol. The Kier molecular flexibility index (Phi) is 4.69. The first-order chi connectivity index (χ1) is 16.6. The molecular weight excluding hydrogens is 428 g/mol. The number of esters is 1. The molecule has 0 unspecified atom stereocenters. The van der Waals surface area contributed by atoms with Crippen molar-refractivity contribution in [3.05, 3.63) is 107 Å². The number of rotatable bonds is 3. The van der Waals surface area contributed by atoms with Gasteiger partial charge in [-0.1, -0.05) is 66.7 Å². The first-order valence-electron chi connectivity index (χ1n) is 11.3. The molecule has 0 radical (unpaired) electrons.